The van der Waals surface area contributed by atoms with Crippen molar-refractivity contribution < 1.29 is 47.8 Å². The lowest BCUT2D eigenvalue weighted by Gasteiger charge is -2.20. The minimum absolute atomic E-state index is 0.179. The van der Waals surface area contributed by atoms with E-state index in [4.69, 9.17) is 19.1 Å². The Kier molecular flexibility index (Phi) is 37.6. The second kappa shape index (κ2) is 38.7. The zero-order valence-corrected chi connectivity index (χ0v) is 34.6. The first-order chi connectivity index (χ1) is 25.7. The number of hydrogen-bond acceptors (Lipinski definition) is 9. The van der Waals surface area contributed by atoms with Gasteiger partial charge in [-0.2, -0.15) is 0 Å². The summed E-state index contributed by atoms with van der Waals surface area (Å²) in [4.78, 5) is 34.9. The summed E-state index contributed by atoms with van der Waals surface area (Å²) in [6.07, 6.45) is 37.2. The van der Waals surface area contributed by atoms with Crippen LogP contribution in [0.3, 0.4) is 0 Å². The molecule has 0 amide bonds. The number of carbonyl (C=O) groups excluding carboxylic acids is 2. The zero-order chi connectivity index (χ0) is 39.1. The van der Waals surface area contributed by atoms with Gasteiger partial charge in [-0.3, -0.25) is 18.6 Å². The number of allylic oxidation sites excluding steroid dienone is 4. The molecule has 0 aromatic rings. The molecule has 11 heteroatoms. The van der Waals surface area contributed by atoms with E-state index in [1.165, 1.54) is 89.9 Å². The highest BCUT2D eigenvalue weighted by atomic mass is 31.2. The van der Waals surface area contributed by atoms with Crippen LogP contribution in [-0.4, -0.2) is 65.7 Å². The molecule has 0 aromatic carbocycles. The third-order valence-corrected chi connectivity index (χ3v) is 10.0. The fourth-order valence-electron chi connectivity index (χ4n) is 5.73. The third-order valence-electron chi connectivity index (χ3n) is 9.08. The molecule has 0 saturated heterocycles. The van der Waals surface area contributed by atoms with Gasteiger partial charge in [0.2, 0.25) is 0 Å². The average Bonchev–Trinajstić information content (AvgIpc) is 3.14. The molecule has 0 heterocycles. The molecule has 3 N–H and O–H groups in total. The van der Waals surface area contributed by atoms with Crippen molar-refractivity contribution in [2.24, 2.45) is 0 Å². The van der Waals surface area contributed by atoms with Crippen molar-refractivity contribution in [2.45, 2.75) is 206 Å². The number of ether oxygens (including phenoxy) is 2. The Hall–Kier alpha value is -1.55. The number of hydrogen-bond donors (Lipinski definition) is 3. The number of aliphatic hydroxyl groups excluding tert-OH is 2. The summed E-state index contributed by atoms with van der Waals surface area (Å²) in [7, 11) is -4.61. The van der Waals surface area contributed by atoms with Gasteiger partial charge in [0.15, 0.2) is 6.10 Å². The van der Waals surface area contributed by atoms with Gasteiger partial charge in [-0.25, -0.2) is 4.57 Å². The number of esters is 2. The van der Waals surface area contributed by atoms with Crippen LogP contribution in [0.1, 0.15) is 194 Å². The molecule has 0 radical (unpaired) electrons. The molecule has 0 aliphatic heterocycles. The summed E-state index contributed by atoms with van der Waals surface area (Å²) in [6, 6.07) is 0. The highest BCUT2D eigenvalue weighted by molar-refractivity contribution is 7.47. The van der Waals surface area contributed by atoms with Gasteiger partial charge in [-0.1, -0.05) is 147 Å². The van der Waals surface area contributed by atoms with Crippen LogP contribution < -0.4 is 0 Å². The fourth-order valence-corrected chi connectivity index (χ4v) is 6.52. The lowest BCUT2D eigenvalue weighted by Crippen LogP contribution is -2.29. The number of phosphoric acid groups is 1. The number of carbonyl (C=O) groups is 2. The van der Waals surface area contributed by atoms with Gasteiger partial charge in [0.1, 0.15) is 12.7 Å². The van der Waals surface area contributed by atoms with Crippen molar-refractivity contribution in [2.75, 3.05) is 26.4 Å². The molecule has 0 spiro atoms. The van der Waals surface area contributed by atoms with E-state index in [0.717, 1.165) is 64.2 Å². The first kappa shape index (κ1) is 51.5. The van der Waals surface area contributed by atoms with Gasteiger partial charge in [-0.05, 0) is 57.8 Å². The van der Waals surface area contributed by atoms with Crippen LogP contribution in [0.2, 0.25) is 0 Å². The summed E-state index contributed by atoms with van der Waals surface area (Å²) in [5.74, 6) is -0.938. The second-order valence-electron chi connectivity index (χ2n) is 14.4. The van der Waals surface area contributed by atoms with Crippen molar-refractivity contribution in [1.82, 2.24) is 0 Å². The highest BCUT2D eigenvalue weighted by Crippen LogP contribution is 2.43. The van der Waals surface area contributed by atoms with Crippen LogP contribution in [0.4, 0.5) is 0 Å². The van der Waals surface area contributed by atoms with Crippen LogP contribution in [-0.2, 0) is 32.7 Å². The maximum Gasteiger partial charge on any atom is 0.472 e. The maximum absolute atomic E-state index is 12.6. The van der Waals surface area contributed by atoms with E-state index in [1.54, 1.807) is 0 Å². The summed E-state index contributed by atoms with van der Waals surface area (Å²) >= 11 is 0. The molecule has 0 aliphatic carbocycles. The predicted molar refractivity (Wildman–Crippen MR) is 215 cm³/mol. The first-order valence-electron chi connectivity index (χ1n) is 21.3. The number of aliphatic hydroxyl groups is 2. The first-order valence-corrected chi connectivity index (χ1v) is 22.8. The average molecular weight is 775 g/mol. The molecule has 10 nitrogen and oxygen atoms in total. The topological polar surface area (TPSA) is 149 Å². The molecule has 53 heavy (non-hydrogen) atoms. The highest BCUT2D eigenvalue weighted by Gasteiger charge is 2.27. The Labute approximate surface area is 323 Å². The maximum atomic E-state index is 12.6. The van der Waals surface area contributed by atoms with E-state index in [0.29, 0.717) is 12.8 Å². The van der Waals surface area contributed by atoms with Crippen LogP contribution >= 0.6 is 7.82 Å². The van der Waals surface area contributed by atoms with Gasteiger partial charge in [-0.15, -0.1) is 0 Å². The van der Waals surface area contributed by atoms with Gasteiger partial charge < -0.3 is 24.6 Å². The number of phosphoric ester groups is 1. The Morgan fingerprint density at radius 2 is 0.943 bits per heavy atom. The predicted octanol–water partition coefficient (Wildman–Crippen LogP) is 11.0. The van der Waals surface area contributed by atoms with Crippen molar-refractivity contribution in [1.29, 1.82) is 0 Å². The number of unbranched alkanes of at least 4 members (excludes halogenated alkanes) is 22. The molecule has 0 fully saturated rings. The summed E-state index contributed by atoms with van der Waals surface area (Å²) in [5.41, 5.74) is 0. The van der Waals surface area contributed by atoms with Gasteiger partial charge in [0, 0.05) is 12.8 Å². The lowest BCUT2D eigenvalue weighted by molar-refractivity contribution is -0.161. The van der Waals surface area contributed by atoms with Gasteiger partial charge >= 0.3 is 19.8 Å². The molecule has 312 valence electrons. The molecule has 0 saturated carbocycles. The van der Waals surface area contributed by atoms with E-state index in [2.05, 4.69) is 42.7 Å². The van der Waals surface area contributed by atoms with Crippen LogP contribution in [0, 0.1) is 0 Å². The molecular weight excluding hydrogens is 695 g/mol. The van der Waals surface area contributed by atoms with Crippen LogP contribution in [0.5, 0.6) is 0 Å². The van der Waals surface area contributed by atoms with Crippen molar-refractivity contribution >= 4 is 19.8 Å². The lowest BCUT2D eigenvalue weighted by atomic mass is 10.1. The SMILES string of the molecule is CCCC/C=C\CCCCCCCC(=O)OC[C@H](COP(=O)(O)OC[C@@H](O)CO)OC(=O)CCCCCCCCC/C=C\CCCCCCCCCC. The Bertz CT molecular complexity index is 941. The van der Waals surface area contributed by atoms with Gasteiger partial charge in [0.05, 0.1) is 19.8 Å². The molecule has 0 aliphatic rings. The summed E-state index contributed by atoms with van der Waals surface area (Å²) in [5, 5.41) is 18.3. The standard InChI is InChI=1S/C42H79O10P/c1-3-5-7-9-11-13-15-16-17-18-19-20-21-22-24-26-28-30-32-34-42(46)52-40(38-51-53(47,48)50-36-39(44)35-43)37-49-41(45)33-31-29-27-25-23-14-12-10-8-6-4-2/h10,12,18-19,39-40,43-44H,3-9,11,13-17,20-38H2,1-2H3,(H,47,48)/b12-10-,19-18-/t39-,40+/m0/s1. The molecule has 0 bridgehead atoms. The minimum atomic E-state index is -4.61. The smallest absolute Gasteiger partial charge is 0.462 e. The van der Waals surface area contributed by atoms with E-state index in [-0.39, 0.29) is 19.4 Å². The number of rotatable bonds is 40. The third kappa shape index (κ3) is 38.5. The Morgan fingerprint density at radius 3 is 1.42 bits per heavy atom. The van der Waals surface area contributed by atoms with E-state index < -0.39 is 51.8 Å². The van der Waals surface area contributed by atoms with Crippen molar-refractivity contribution in [3.63, 3.8) is 0 Å². The normalized spacial score (nSPS) is 14.1. The molecule has 0 aromatic heterocycles. The Balaban J connectivity index is 4.27. The van der Waals surface area contributed by atoms with E-state index in [1.807, 2.05) is 0 Å². The Morgan fingerprint density at radius 1 is 0.547 bits per heavy atom. The second-order valence-corrected chi connectivity index (χ2v) is 15.8. The summed E-state index contributed by atoms with van der Waals surface area (Å²) < 4.78 is 32.6. The van der Waals surface area contributed by atoms with E-state index in [9.17, 15) is 24.2 Å². The van der Waals surface area contributed by atoms with Gasteiger partial charge in [0.25, 0.3) is 0 Å². The van der Waals surface area contributed by atoms with Crippen molar-refractivity contribution in [3.8, 4) is 0 Å². The van der Waals surface area contributed by atoms with Crippen LogP contribution in [0.15, 0.2) is 24.3 Å². The fraction of sp³-hybridized carbons (Fsp3) is 0.857. The monoisotopic (exact) mass is 775 g/mol. The minimum Gasteiger partial charge on any atom is -0.462 e. The largest absolute Gasteiger partial charge is 0.472 e. The molecular formula is C42H79O10P. The summed E-state index contributed by atoms with van der Waals surface area (Å²) in [6.45, 7) is 2.33. The van der Waals surface area contributed by atoms with Crippen molar-refractivity contribution in [3.05, 3.63) is 24.3 Å². The zero-order valence-electron chi connectivity index (χ0n) is 33.7. The molecule has 0 rings (SSSR count). The molecule has 1 unspecified atom stereocenters. The van der Waals surface area contributed by atoms with Crippen LogP contribution in [0.25, 0.3) is 0 Å². The van der Waals surface area contributed by atoms with E-state index >= 15 is 0 Å². The molecule has 3 atom stereocenters. The quantitative estimate of drug-likeness (QED) is 0.0238.